The van der Waals surface area contributed by atoms with Gasteiger partial charge in [0.25, 0.3) is 0 Å². The van der Waals surface area contributed by atoms with Gasteiger partial charge in [-0.25, -0.2) is 4.98 Å². The van der Waals surface area contributed by atoms with E-state index in [2.05, 4.69) is 19.9 Å². The number of nitrogen functional groups attached to an aromatic ring is 1. The molecule has 0 spiro atoms. The van der Waals surface area contributed by atoms with Crippen LogP contribution in [0.4, 0.5) is 5.82 Å². The summed E-state index contributed by atoms with van der Waals surface area (Å²) < 4.78 is 16.8. The zero-order valence-electron chi connectivity index (χ0n) is 17.4. The van der Waals surface area contributed by atoms with Crippen molar-refractivity contribution in [2.24, 2.45) is 0 Å². The minimum atomic E-state index is 0.310. The van der Waals surface area contributed by atoms with Crippen molar-refractivity contribution in [3.8, 4) is 34.3 Å². The van der Waals surface area contributed by atoms with Crippen LogP contribution in [0.2, 0.25) is 0 Å². The number of fused-ring (bicyclic) bond motifs is 3. The summed E-state index contributed by atoms with van der Waals surface area (Å²) in [4.78, 5) is 17.5. The van der Waals surface area contributed by atoms with Gasteiger partial charge >= 0.3 is 0 Å². The van der Waals surface area contributed by atoms with Crippen LogP contribution in [0.3, 0.4) is 0 Å². The maximum Gasteiger partial charge on any atom is 0.169 e. The summed E-state index contributed by atoms with van der Waals surface area (Å²) >= 11 is 0. The van der Waals surface area contributed by atoms with Gasteiger partial charge < -0.3 is 19.9 Å². The predicted octanol–water partition coefficient (Wildman–Crippen LogP) is 4.63. The van der Waals surface area contributed by atoms with Crippen molar-refractivity contribution in [2.75, 3.05) is 20.0 Å². The Morgan fingerprint density at radius 3 is 2.41 bits per heavy atom. The molecule has 0 saturated heterocycles. The maximum atomic E-state index is 5.88. The summed E-state index contributed by atoms with van der Waals surface area (Å²) in [7, 11) is 3.22. The fourth-order valence-corrected chi connectivity index (χ4v) is 3.52. The number of nitrogens with zero attached hydrogens (tertiary/aromatic N) is 4. The molecular formula is C24H19N5O3. The molecule has 0 bridgehead atoms. The fraction of sp³-hybridized carbons (Fsp3) is 0.0833. The molecule has 0 radical (unpaired) electrons. The van der Waals surface area contributed by atoms with E-state index in [0.717, 1.165) is 32.9 Å². The first kappa shape index (κ1) is 19.5. The molecule has 8 heteroatoms. The number of pyridine rings is 4. The molecule has 0 fully saturated rings. The lowest BCUT2D eigenvalue weighted by Gasteiger charge is -2.11. The van der Waals surface area contributed by atoms with Crippen LogP contribution in [-0.4, -0.2) is 34.2 Å². The smallest absolute Gasteiger partial charge is 0.169 e. The molecule has 5 aromatic rings. The number of rotatable bonds is 5. The summed E-state index contributed by atoms with van der Waals surface area (Å²) in [6, 6.07) is 11.2. The first-order chi connectivity index (χ1) is 15.7. The van der Waals surface area contributed by atoms with Crippen LogP contribution in [0.1, 0.15) is 0 Å². The minimum Gasteiger partial charge on any atom is -0.493 e. The Hall–Kier alpha value is -4.46. The van der Waals surface area contributed by atoms with Gasteiger partial charge in [0.2, 0.25) is 0 Å². The highest BCUT2D eigenvalue weighted by atomic mass is 16.5. The molecule has 158 valence electrons. The van der Waals surface area contributed by atoms with Crippen LogP contribution in [0, 0.1) is 0 Å². The Morgan fingerprint density at radius 2 is 1.59 bits per heavy atom. The first-order valence-electron chi connectivity index (χ1n) is 9.80. The van der Waals surface area contributed by atoms with E-state index in [1.54, 1.807) is 57.3 Å². The third kappa shape index (κ3) is 3.47. The Morgan fingerprint density at radius 1 is 0.781 bits per heavy atom. The van der Waals surface area contributed by atoms with Crippen molar-refractivity contribution >= 4 is 27.5 Å². The molecule has 0 amide bonds. The van der Waals surface area contributed by atoms with Gasteiger partial charge in [-0.15, -0.1) is 0 Å². The molecule has 0 aliphatic carbocycles. The van der Waals surface area contributed by atoms with Gasteiger partial charge in [-0.05, 0) is 35.7 Å². The molecule has 2 N–H and O–H groups in total. The van der Waals surface area contributed by atoms with Gasteiger partial charge in [-0.2, -0.15) is 0 Å². The molecule has 0 aliphatic heterocycles. The molecule has 0 saturated carbocycles. The second-order valence-corrected chi connectivity index (χ2v) is 7.04. The highest BCUT2D eigenvalue weighted by Crippen LogP contribution is 2.36. The number of ether oxygens (including phenoxy) is 3. The van der Waals surface area contributed by atoms with Crippen LogP contribution in [0.5, 0.6) is 23.0 Å². The summed E-state index contributed by atoms with van der Waals surface area (Å²) in [6.07, 6.45) is 8.55. The number of nitrogens with two attached hydrogens (primary N) is 1. The zero-order chi connectivity index (χ0) is 22.1. The Bertz CT molecular complexity index is 1460. The number of benzene rings is 1. The van der Waals surface area contributed by atoms with E-state index in [9.17, 15) is 0 Å². The summed E-state index contributed by atoms with van der Waals surface area (Å²) in [6.45, 7) is 0. The second-order valence-electron chi connectivity index (χ2n) is 7.04. The van der Waals surface area contributed by atoms with Crippen molar-refractivity contribution < 1.29 is 14.2 Å². The SMILES string of the molecule is COc1cc2ncc3cnc(-c4cncc(Oc5cccnc5N)c4)cc3c2cc1OC. The van der Waals surface area contributed by atoms with Gasteiger partial charge in [0, 0.05) is 47.2 Å². The van der Waals surface area contributed by atoms with E-state index in [-0.39, 0.29) is 0 Å². The van der Waals surface area contributed by atoms with Crippen molar-refractivity contribution in [3.63, 3.8) is 0 Å². The largest absolute Gasteiger partial charge is 0.493 e. The van der Waals surface area contributed by atoms with E-state index in [4.69, 9.17) is 19.9 Å². The molecule has 0 unspecified atom stereocenters. The fourth-order valence-electron chi connectivity index (χ4n) is 3.52. The normalized spacial score (nSPS) is 10.9. The van der Waals surface area contributed by atoms with Crippen LogP contribution >= 0.6 is 0 Å². The molecule has 32 heavy (non-hydrogen) atoms. The quantitative estimate of drug-likeness (QED) is 0.406. The topological polar surface area (TPSA) is 105 Å². The standard InChI is InChI=1S/C24H19N5O3/c1-30-22-8-18-17-7-19(28-11-15(17)12-29-20(18)9-23(22)31-2)14-6-16(13-26-10-14)32-21-4-3-5-27-24(21)25/h3-13H,1-2H3,(H2,25,27). The van der Waals surface area contributed by atoms with Gasteiger partial charge in [0.05, 0.1) is 31.6 Å². The maximum absolute atomic E-state index is 5.88. The van der Waals surface area contributed by atoms with Gasteiger partial charge in [0.1, 0.15) is 5.75 Å². The summed E-state index contributed by atoms with van der Waals surface area (Å²) in [5.74, 6) is 2.58. The third-order valence-electron chi connectivity index (χ3n) is 5.11. The van der Waals surface area contributed by atoms with E-state index in [1.165, 1.54) is 0 Å². The van der Waals surface area contributed by atoms with E-state index < -0.39 is 0 Å². The lowest BCUT2D eigenvalue weighted by atomic mass is 10.0. The highest BCUT2D eigenvalue weighted by Gasteiger charge is 2.12. The van der Waals surface area contributed by atoms with E-state index in [0.29, 0.717) is 28.8 Å². The number of hydrogen-bond acceptors (Lipinski definition) is 8. The van der Waals surface area contributed by atoms with E-state index >= 15 is 0 Å². The number of methoxy groups -OCH3 is 2. The molecule has 0 atom stereocenters. The lowest BCUT2D eigenvalue weighted by Crippen LogP contribution is -1.95. The minimum absolute atomic E-state index is 0.310. The number of hydrogen-bond donors (Lipinski definition) is 1. The Labute approximate surface area is 183 Å². The first-order valence-corrected chi connectivity index (χ1v) is 9.80. The molecule has 4 heterocycles. The van der Waals surface area contributed by atoms with Crippen molar-refractivity contribution in [1.82, 2.24) is 19.9 Å². The third-order valence-corrected chi connectivity index (χ3v) is 5.11. The molecule has 5 rings (SSSR count). The Balaban J connectivity index is 1.60. The van der Waals surface area contributed by atoms with Gasteiger partial charge in [-0.3, -0.25) is 15.0 Å². The van der Waals surface area contributed by atoms with Crippen LogP contribution in [-0.2, 0) is 0 Å². The average Bonchev–Trinajstić information content (AvgIpc) is 2.84. The van der Waals surface area contributed by atoms with Crippen LogP contribution in [0.15, 0.2) is 67.4 Å². The molecule has 4 aromatic heterocycles. The molecular weight excluding hydrogens is 406 g/mol. The van der Waals surface area contributed by atoms with Gasteiger partial charge in [0.15, 0.2) is 23.1 Å². The predicted molar refractivity (Wildman–Crippen MR) is 122 cm³/mol. The van der Waals surface area contributed by atoms with Crippen LogP contribution in [0.25, 0.3) is 32.9 Å². The Kier molecular flexibility index (Phi) is 4.87. The van der Waals surface area contributed by atoms with Crippen molar-refractivity contribution in [1.29, 1.82) is 0 Å². The summed E-state index contributed by atoms with van der Waals surface area (Å²) in [5.41, 5.74) is 8.23. The molecule has 0 aliphatic rings. The van der Waals surface area contributed by atoms with Crippen molar-refractivity contribution in [2.45, 2.75) is 0 Å². The average molecular weight is 425 g/mol. The number of anilines is 1. The van der Waals surface area contributed by atoms with Crippen LogP contribution < -0.4 is 19.9 Å². The zero-order valence-corrected chi connectivity index (χ0v) is 17.4. The van der Waals surface area contributed by atoms with Gasteiger partial charge in [-0.1, -0.05) is 0 Å². The lowest BCUT2D eigenvalue weighted by molar-refractivity contribution is 0.356. The summed E-state index contributed by atoms with van der Waals surface area (Å²) in [5, 5.41) is 2.84. The monoisotopic (exact) mass is 425 g/mol. The van der Waals surface area contributed by atoms with Crippen molar-refractivity contribution in [3.05, 3.63) is 67.4 Å². The van der Waals surface area contributed by atoms with E-state index in [1.807, 2.05) is 24.3 Å². The highest BCUT2D eigenvalue weighted by molar-refractivity contribution is 6.07. The number of aromatic nitrogens is 4. The molecule has 8 nitrogen and oxygen atoms in total. The molecule has 1 aromatic carbocycles. The second kappa shape index (κ2) is 7.99.